The summed E-state index contributed by atoms with van der Waals surface area (Å²) in [5.74, 6) is 0.749. The van der Waals surface area contributed by atoms with Crippen LogP contribution in [0.4, 0.5) is 0 Å². The maximum atomic E-state index is 2.45. The Bertz CT molecular complexity index is 669. The van der Waals surface area contributed by atoms with Crippen LogP contribution in [0.3, 0.4) is 0 Å². The van der Waals surface area contributed by atoms with Crippen molar-refractivity contribution in [1.29, 1.82) is 0 Å². The van der Waals surface area contributed by atoms with E-state index in [1.54, 1.807) is 16.7 Å². The van der Waals surface area contributed by atoms with Crippen LogP contribution in [0.5, 0.6) is 0 Å². The normalized spacial score (nSPS) is 10.3. The van der Waals surface area contributed by atoms with Gasteiger partial charge >= 0.3 is 0 Å². The van der Waals surface area contributed by atoms with Crippen LogP contribution in [-0.2, 0) is 45.5 Å². The van der Waals surface area contributed by atoms with E-state index in [2.05, 4.69) is 38.1 Å². The minimum atomic E-state index is 0. The minimum absolute atomic E-state index is 0. The zero-order valence-electron chi connectivity index (χ0n) is 18.6. The largest absolute Gasteiger partial charge is 0.358 e. The fraction of sp³-hybridized carbons (Fsp3) is 0.269. The molecule has 0 bridgehead atoms. The van der Waals surface area contributed by atoms with E-state index in [9.17, 15) is 0 Å². The van der Waals surface area contributed by atoms with Gasteiger partial charge in [0.1, 0.15) is 0 Å². The maximum Gasteiger partial charge on any atom is 0 e. The van der Waals surface area contributed by atoms with Crippen LogP contribution in [-0.4, -0.2) is 0 Å². The van der Waals surface area contributed by atoms with Crippen LogP contribution < -0.4 is 0 Å². The van der Waals surface area contributed by atoms with E-state index in [1.165, 1.54) is 36.5 Å². The number of benzene rings is 1. The second kappa shape index (κ2) is 16.1. The van der Waals surface area contributed by atoms with Crippen molar-refractivity contribution in [3.63, 3.8) is 0 Å². The Hall–Kier alpha value is -0.937. The molecule has 1 aliphatic rings. The summed E-state index contributed by atoms with van der Waals surface area (Å²) in [5.41, 5.74) is 4.73. The Kier molecular flexibility index (Phi) is 20.0. The van der Waals surface area contributed by atoms with Gasteiger partial charge in [0.05, 0.1) is 0 Å². The van der Waals surface area contributed by atoms with Crippen LogP contribution in [0.25, 0.3) is 10.8 Å². The first-order valence-electron chi connectivity index (χ1n) is 8.11. The third-order valence-electron chi connectivity index (χ3n) is 4.26. The van der Waals surface area contributed by atoms with Crippen LogP contribution in [0, 0.1) is 43.1 Å². The van der Waals surface area contributed by atoms with E-state index in [0.717, 1.165) is 5.92 Å². The first kappa shape index (κ1) is 33.6. The molecule has 27 heavy (non-hydrogen) atoms. The molecule has 0 spiro atoms. The van der Waals surface area contributed by atoms with Crippen LogP contribution >= 0.6 is 0 Å². The summed E-state index contributed by atoms with van der Waals surface area (Å²) >= 11 is 0. The predicted molar refractivity (Wildman–Crippen MR) is 124 cm³/mol. The molecule has 0 fully saturated rings. The Morgan fingerprint density at radius 3 is 1.96 bits per heavy atom. The summed E-state index contributed by atoms with van der Waals surface area (Å²) < 4.78 is 0. The van der Waals surface area contributed by atoms with Gasteiger partial charge in [-0.1, -0.05) is 37.3 Å². The smallest absolute Gasteiger partial charge is 0 e. The van der Waals surface area contributed by atoms with Crippen LogP contribution in [0.1, 0.15) is 37.0 Å². The van der Waals surface area contributed by atoms with Gasteiger partial charge in [-0.2, -0.15) is 24.3 Å². The Labute approximate surface area is 190 Å². The monoisotopic (exact) mass is 441 g/mol. The summed E-state index contributed by atoms with van der Waals surface area (Å²) in [7, 11) is 0. The number of hydrogen-bond donors (Lipinski definition) is 0. The third kappa shape index (κ3) is 8.74. The first-order chi connectivity index (χ1) is 10.2. The van der Waals surface area contributed by atoms with Gasteiger partial charge < -0.3 is 37.1 Å². The molecule has 0 saturated heterocycles. The van der Waals surface area contributed by atoms with E-state index in [0.29, 0.717) is 0 Å². The van der Waals surface area contributed by atoms with Crippen molar-refractivity contribution in [2.45, 2.75) is 39.5 Å². The van der Waals surface area contributed by atoms with Crippen molar-refractivity contribution in [3.05, 3.63) is 108 Å². The van der Waals surface area contributed by atoms with Crippen molar-refractivity contribution in [2.24, 2.45) is 5.92 Å². The minimum Gasteiger partial charge on any atom is -0.358 e. The molecule has 0 aliphatic heterocycles. The Balaban J connectivity index is -0.000000214. The zero-order valence-corrected chi connectivity index (χ0v) is 21.1. The third-order valence-corrected chi connectivity index (χ3v) is 4.26. The summed E-state index contributed by atoms with van der Waals surface area (Å²) in [6, 6.07) is 19.5. The Morgan fingerprint density at radius 2 is 1.48 bits per heavy atom. The van der Waals surface area contributed by atoms with Crippen LogP contribution in [0.2, 0.25) is 0 Å². The maximum absolute atomic E-state index is 2.45. The number of hydrogen-bond acceptors (Lipinski definition) is 0. The van der Waals surface area contributed by atoms with Gasteiger partial charge in [0.15, 0.2) is 0 Å². The first-order valence-corrected chi connectivity index (χ1v) is 8.11. The average molecular weight is 443 g/mol. The fourth-order valence-corrected chi connectivity index (χ4v) is 3.28. The van der Waals surface area contributed by atoms with E-state index in [-0.39, 0.29) is 63.3 Å². The molecule has 4 rings (SSSR count). The molecule has 0 atom stereocenters. The topological polar surface area (TPSA) is 0 Å². The molecule has 1 heteroatoms. The van der Waals surface area contributed by atoms with Gasteiger partial charge in [0, 0.05) is 26.2 Å². The molecular weight excluding hydrogens is 404 g/mol. The molecule has 3 aromatic rings. The summed E-state index contributed by atoms with van der Waals surface area (Å²) in [6.07, 6.45) is 5.14. The van der Waals surface area contributed by atoms with E-state index in [4.69, 9.17) is 0 Å². The molecule has 154 valence electrons. The molecule has 3 aromatic carbocycles. The summed E-state index contributed by atoms with van der Waals surface area (Å²) in [6.45, 7) is 4.60. The average Bonchev–Trinajstić information content (AvgIpc) is 3.19. The molecule has 0 radical (unpaired) electrons. The molecule has 1 aliphatic carbocycles. The second-order valence-corrected chi connectivity index (χ2v) is 6.48. The fourth-order valence-electron chi connectivity index (χ4n) is 3.28. The van der Waals surface area contributed by atoms with E-state index >= 15 is 0 Å². The van der Waals surface area contributed by atoms with Gasteiger partial charge in [-0.15, -0.1) is 34.5 Å². The van der Waals surface area contributed by atoms with Gasteiger partial charge in [-0.25, -0.2) is 12.1 Å². The number of aryl methyl sites for hydroxylation is 2. The van der Waals surface area contributed by atoms with Gasteiger partial charge in [-0.05, 0) is 19.3 Å². The van der Waals surface area contributed by atoms with E-state index in [1.807, 2.05) is 30.3 Å². The van der Waals surface area contributed by atoms with Gasteiger partial charge in [0.2, 0.25) is 0 Å². The number of rotatable bonds is 2. The Morgan fingerprint density at radius 1 is 0.926 bits per heavy atom. The molecule has 0 saturated carbocycles. The van der Waals surface area contributed by atoms with E-state index < -0.39 is 0 Å². The standard InChI is InChI=1S/C16H19.C5H5.5CH3.Zr/c1-11(2)8-14-6-7-15-9-12-4-3-5-13(12)10-16(14)15;1-2-4-5-3-1;;;;;;/h6-7,9-11H,3-5,8H2,1-2H3;1-5H;5*1H3;/q7*-1;. The zero-order chi connectivity index (χ0) is 14.7. The van der Waals surface area contributed by atoms with Gasteiger partial charge in [0.25, 0.3) is 0 Å². The quantitative estimate of drug-likeness (QED) is 0.354. The molecular formula is C26H39Zr-7. The van der Waals surface area contributed by atoms with Crippen molar-refractivity contribution in [3.8, 4) is 0 Å². The molecule has 0 heterocycles. The molecule has 0 N–H and O–H groups in total. The summed E-state index contributed by atoms with van der Waals surface area (Å²) in [4.78, 5) is 0. The number of fused-ring (bicyclic) bond motifs is 2. The SMILES string of the molecule is CC(C)C[c-]1ccc2cc3c(cc21)CCC3.[CH3-].[CH3-].[CH3-].[CH3-].[CH3-].[Zr].c1cc[cH-]c1. The van der Waals surface area contributed by atoms with Crippen molar-refractivity contribution >= 4 is 10.8 Å². The molecule has 0 amide bonds. The van der Waals surface area contributed by atoms with Crippen molar-refractivity contribution < 1.29 is 26.2 Å². The molecule has 0 nitrogen and oxygen atoms in total. The van der Waals surface area contributed by atoms with Crippen molar-refractivity contribution in [1.82, 2.24) is 0 Å². The second-order valence-electron chi connectivity index (χ2n) is 6.48. The van der Waals surface area contributed by atoms with Crippen LogP contribution in [0.15, 0.2) is 54.6 Å². The molecule has 0 unspecified atom stereocenters. The predicted octanol–water partition coefficient (Wildman–Crippen LogP) is 7.90. The summed E-state index contributed by atoms with van der Waals surface area (Å²) in [5, 5.41) is 2.96. The van der Waals surface area contributed by atoms with Crippen molar-refractivity contribution in [2.75, 3.05) is 0 Å². The van der Waals surface area contributed by atoms with Gasteiger partial charge in [-0.3, -0.25) is 0 Å². The molecule has 0 aromatic heterocycles.